The molecule has 29 heavy (non-hydrogen) atoms. The molecular formula is C23H29N5O. The number of methoxy groups -OCH3 is 1. The third-order valence-corrected chi connectivity index (χ3v) is 4.50. The second-order valence-electron chi connectivity index (χ2n) is 7.08. The molecule has 3 rings (SSSR count). The zero-order valence-electron chi connectivity index (χ0n) is 17.4. The summed E-state index contributed by atoms with van der Waals surface area (Å²) in [4.78, 5) is 11.6. The van der Waals surface area contributed by atoms with Gasteiger partial charge < -0.3 is 20.3 Å². The summed E-state index contributed by atoms with van der Waals surface area (Å²) in [6.07, 6.45) is 1.04. The Hall–Kier alpha value is -3.12. The Bertz CT molecular complexity index is 899. The standard InChI is InChI=1S/C23H29N5O/c1-28(2)15-9-14-24-21-16-22(25-17-19-12-7-8-13-20(19)29-3)27-23(26-21)18-10-5-4-6-11-18/h4-8,10-13,16H,9,14-15,17H2,1-3H3,(H2,24,25,26,27). The highest BCUT2D eigenvalue weighted by Gasteiger charge is 2.08. The van der Waals surface area contributed by atoms with Crippen molar-refractivity contribution in [3.05, 3.63) is 66.2 Å². The van der Waals surface area contributed by atoms with Crippen molar-refractivity contribution in [2.45, 2.75) is 13.0 Å². The Balaban J connectivity index is 1.78. The molecule has 152 valence electrons. The largest absolute Gasteiger partial charge is 0.496 e. The van der Waals surface area contributed by atoms with Gasteiger partial charge in [0, 0.05) is 30.3 Å². The number of hydrogen-bond donors (Lipinski definition) is 2. The van der Waals surface area contributed by atoms with E-state index in [1.54, 1.807) is 7.11 Å². The molecule has 2 N–H and O–H groups in total. The third kappa shape index (κ3) is 6.19. The maximum Gasteiger partial charge on any atom is 0.163 e. The van der Waals surface area contributed by atoms with Gasteiger partial charge in [-0.15, -0.1) is 0 Å². The van der Waals surface area contributed by atoms with E-state index in [1.807, 2.05) is 60.7 Å². The molecular weight excluding hydrogens is 362 g/mol. The van der Waals surface area contributed by atoms with Gasteiger partial charge in [0.25, 0.3) is 0 Å². The second kappa shape index (κ2) is 10.4. The molecule has 0 unspecified atom stereocenters. The molecule has 6 heteroatoms. The first-order valence-corrected chi connectivity index (χ1v) is 9.84. The van der Waals surface area contributed by atoms with Gasteiger partial charge in [0.05, 0.1) is 7.11 Å². The molecule has 3 aromatic rings. The molecule has 0 spiro atoms. The summed E-state index contributed by atoms with van der Waals surface area (Å²) in [7, 11) is 5.85. The summed E-state index contributed by atoms with van der Waals surface area (Å²) in [5, 5.41) is 6.84. The van der Waals surface area contributed by atoms with Crippen molar-refractivity contribution in [3.63, 3.8) is 0 Å². The summed E-state index contributed by atoms with van der Waals surface area (Å²) in [6.45, 7) is 2.51. The van der Waals surface area contributed by atoms with Crippen LogP contribution in [0.4, 0.5) is 11.6 Å². The van der Waals surface area contributed by atoms with Gasteiger partial charge >= 0.3 is 0 Å². The van der Waals surface area contributed by atoms with Gasteiger partial charge in [0.1, 0.15) is 17.4 Å². The third-order valence-electron chi connectivity index (χ3n) is 4.50. The van der Waals surface area contributed by atoms with Crippen molar-refractivity contribution in [3.8, 4) is 17.1 Å². The number of hydrogen-bond acceptors (Lipinski definition) is 6. The molecule has 0 saturated carbocycles. The monoisotopic (exact) mass is 391 g/mol. The summed E-state index contributed by atoms with van der Waals surface area (Å²) < 4.78 is 5.45. The minimum Gasteiger partial charge on any atom is -0.496 e. The molecule has 0 fully saturated rings. The van der Waals surface area contributed by atoms with Crippen LogP contribution in [0.25, 0.3) is 11.4 Å². The Kier molecular flexibility index (Phi) is 7.41. The Labute approximate surface area is 173 Å². The van der Waals surface area contributed by atoms with E-state index in [1.165, 1.54) is 0 Å². The minimum atomic E-state index is 0.620. The van der Waals surface area contributed by atoms with Crippen molar-refractivity contribution >= 4 is 11.6 Å². The van der Waals surface area contributed by atoms with Crippen LogP contribution in [-0.2, 0) is 6.54 Å². The molecule has 0 aliphatic heterocycles. The number of anilines is 2. The van der Waals surface area contributed by atoms with Gasteiger partial charge in [-0.3, -0.25) is 0 Å². The number of nitrogens with zero attached hydrogens (tertiary/aromatic N) is 3. The molecule has 0 bridgehead atoms. The summed E-state index contributed by atoms with van der Waals surface area (Å²) in [6, 6.07) is 20.0. The molecule has 2 aromatic carbocycles. The van der Waals surface area contributed by atoms with Crippen LogP contribution in [-0.4, -0.2) is 49.2 Å². The van der Waals surface area contributed by atoms with Gasteiger partial charge in [-0.05, 0) is 33.1 Å². The van der Waals surface area contributed by atoms with Crippen LogP contribution < -0.4 is 15.4 Å². The van der Waals surface area contributed by atoms with Crippen molar-refractivity contribution < 1.29 is 4.74 Å². The van der Waals surface area contributed by atoms with Crippen LogP contribution in [0.2, 0.25) is 0 Å². The van der Waals surface area contributed by atoms with E-state index < -0.39 is 0 Å². The van der Waals surface area contributed by atoms with E-state index in [0.29, 0.717) is 12.4 Å². The second-order valence-corrected chi connectivity index (χ2v) is 7.08. The van der Waals surface area contributed by atoms with Crippen LogP contribution in [0.15, 0.2) is 60.7 Å². The molecule has 0 aliphatic carbocycles. The average molecular weight is 392 g/mol. The lowest BCUT2D eigenvalue weighted by atomic mass is 10.2. The van der Waals surface area contributed by atoms with Crippen molar-refractivity contribution in [2.75, 3.05) is 44.9 Å². The molecule has 0 aliphatic rings. The SMILES string of the molecule is COc1ccccc1CNc1cc(NCCCN(C)C)nc(-c2ccccc2)n1. The highest BCUT2D eigenvalue weighted by Crippen LogP contribution is 2.22. The summed E-state index contributed by atoms with van der Waals surface area (Å²) in [5.41, 5.74) is 2.07. The Morgan fingerprint density at radius 1 is 0.897 bits per heavy atom. The van der Waals surface area contributed by atoms with Gasteiger partial charge in [0.15, 0.2) is 5.82 Å². The van der Waals surface area contributed by atoms with E-state index in [0.717, 1.165) is 48.0 Å². The topological polar surface area (TPSA) is 62.3 Å². The van der Waals surface area contributed by atoms with Gasteiger partial charge in [-0.1, -0.05) is 48.5 Å². The molecule has 0 amide bonds. The molecule has 0 radical (unpaired) electrons. The zero-order valence-corrected chi connectivity index (χ0v) is 17.4. The number of nitrogens with one attached hydrogen (secondary N) is 2. The predicted molar refractivity (Wildman–Crippen MR) is 119 cm³/mol. The first kappa shape index (κ1) is 20.6. The first-order chi connectivity index (χ1) is 14.2. The van der Waals surface area contributed by atoms with E-state index in [4.69, 9.17) is 14.7 Å². The maximum atomic E-state index is 5.45. The molecule has 0 atom stereocenters. The maximum absolute atomic E-state index is 5.45. The lowest BCUT2D eigenvalue weighted by Crippen LogP contribution is -2.17. The van der Waals surface area contributed by atoms with E-state index in [-0.39, 0.29) is 0 Å². The van der Waals surface area contributed by atoms with Crippen molar-refractivity contribution in [1.82, 2.24) is 14.9 Å². The Morgan fingerprint density at radius 3 is 2.31 bits per heavy atom. The average Bonchev–Trinajstić information content (AvgIpc) is 2.76. The lowest BCUT2D eigenvalue weighted by Gasteiger charge is -2.14. The van der Waals surface area contributed by atoms with E-state index in [9.17, 15) is 0 Å². The van der Waals surface area contributed by atoms with Gasteiger partial charge in [0.2, 0.25) is 0 Å². The fraction of sp³-hybridized carbons (Fsp3) is 0.304. The predicted octanol–water partition coefficient (Wildman–Crippen LogP) is 4.13. The summed E-state index contributed by atoms with van der Waals surface area (Å²) >= 11 is 0. The van der Waals surface area contributed by atoms with Crippen LogP contribution in [0.1, 0.15) is 12.0 Å². The molecule has 1 heterocycles. The highest BCUT2D eigenvalue weighted by molar-refractivity contribution is 5.61. The van der Waals surface area contributed by atoms with Crippen LogP contribution in [0.5, 0.6) is 5.75 Å². The number of rotatable bonds is 10. The van der Waals surface area contributed by atoms with Crippen LogP contribution in [0.3, 0.4) is 0 Å². The van der Waals surface area contributed by atoms with E-state index in [2.05, 4.69) is 29.6 Å². The number of aromatic nitrogens is 2. The van der Waals surface area contributed by atoms with Crippen LogP contribution in [0, 0.1) is 0 Å². The minimum absolute atomic E-state index is 0.620. The van der Waals surface area contributed by atoms with E-state index >= 15 is 0 Å². The number of ether oxygens (including phenoxy) is 1. The quantitative estimate of drug-likeness (QED) is 0.507. The fourth-order valence-electron chi connectivity index (χ4n) is 2.99. The molecule has 6 nitrogen and oxygen atoms in total. The molecule has 1 aromatic heterocycles. The first-order valence-electron chi connectivity index (χ1n) is 9.84. The van der Waals surface area contributed by atoms with Gasteiger partial charge in [-0.2, -0.15) is 0 Å². The molecule has 0 saturated heterocycles. The normalized spacial score (nSPS) is 10.8. The van der Waals surface area contributed by atoms with Crippen molar-refractivity contribution in [2.24, 2.45) is 0 Å². The number of benzene rings is 2. The Morgan fingerprint density at radius 2 is 1.59 bits per heavy atom. The fourth-order valence-corrected chi connectivity index (χ4v) is 2.99. The number of para-hydroxylation sites is 1. The van der Waals surface area contributed by atoms with Crippen LogP contribution >= 0.6 is 0 Å². The smallest absolute Gasteiger partial charge is 0.163 e. The summed E-state index contributed by atoms with van der Waals surface area (Å²) in [5.74, 6) is 3.16. The van der Waals surface area contributed by atoms with Crippen molar-refractivity contribution in [1.29, 1.82) is 0 Å². The zero-order chi connectivity index (χ0) is 20.5. The highest BCUT2D eigenvalue weighted by atomic mass is 16.5. The van der Waals surface area contributed by atoms with Gasteiger partial charge in [-0.25, -0.2) is 9.97 Å². The lowest BCUT2D eigenvalue weighted by molar-refractivity contribution is 0.405.